The number of nitrogens with one attached hydrogen (secondary N) is 1. The highest BCUT2D eigenvalue weighted by Gasteiger charge is 2.35. The molecule has 2 N–H and O–H groups in total. The van der Waals surface area contributed by atoms with Crippen LogP contribution in [0.1, 0.15) is 40.0 Å². The van der Waals surface area contributed by atoms with Gasteiger partial charge in [-0.15, -0.1) is 0 Å². The first-order valence-corrected chi connectivity index (χ1v) is 11.8. The van der Waals surface area contributed by atoms with Crippen molar-refractivity contribution in [2.75, 3.05) is 25.2 Å². The number of fused-ring (bicyclic) bond motifs is 1. The van der Waals surface area contributed by atoms with Crippen LogP contribution in [0.4, 0.5) is 32.4 Å². The van der Waals surface area contributed by atoms with Gasteiger partial charge in [-0.05, 0) is 24.6 Å². The number of carbonyl (C=O) groups is 2. The molecule has 1 heterocycles. The Morgan fingerprint density at radius 1 is 0.974 bits per heavy atom. The molecule has 39 heavy (non-hydrogen) atoms. The molecule has 1 atom stereocenters. The predicted octanol–water partition coefficient (Wildman–Crippen LogP) is 4.82. The van der Waals surface area contributed by atoms with E-state index in [1.165, 1.54) is 24.1 Å². The molecule has 0 aromatic heterocycles. The Morgan fingerprint density at radius 3 is 2.21 bits per heavy atom. The largest absolute Gasteiger partial charge is 0.491 e. The van der Waals surface area contributed by atoms with Gasteiger partial charge < -0.3 is 20.1 Å². The van der Waals surface area contributed by atoms with E-state index in [-0.39, 0.29) is 30.2 Å². The standard InChI is InChI=1S/C27H24F5N3O4/c1-14-18-4-3-15(26(37)33-12-19-21(29)8-16(28)9-22(19)30)7-25(18)35(27(38)34(14)2)13-20-23(31)10-17(11-24(20)32)39-6-5-36/h3-4,7-11,14,36H,5-6,12-13H2,1-2H3,(H,33,37). The highest BCUT2D eigenvalue weighted by atomic mass is 19.2. The molecular weight excluding hydrogens is 525 g/mol. The minimum Gasteiger partial charge on any atom is -0.491 e. The van der Waals surface area contributed by atoms with Crippen LogP contribution in [0.3, 0.4) is 0 Å². The molecule has 12 heteroatoms. The number of urea groups is 1. The molecule has 0 saturated carbocycles. The smallest absolute Gasteiger partial charge is 0.325 e. The zero-order valence-electron chi connectivity index (χ0n) is 20.9. The Morgan fingerprint density at radius 2 is 1.59 bits per heavy atom. The maximum Gasteiger partial charge on any atom is 0.325 e. The average molecular weight is 549 g/mol. The third-order valence-electron chi connectivity index (χ3n) is 6.47. The number of carbonyl (C=O) groups excluding carboxylic acids is 2. The number of nitrogens with zero attached hydrogens (tertiary/aromatic N) is 2. The van der Waals surface area contributed by atoms with Crippen molar-refractivity contribution in [3.8, 4) is 5.75 Å². The van der Waals surface area contributed by atoms with Crippen molar-refractivity contribution in [3.05, 3.63) is 93.8 Å². The van der Waals surface area contributed by atoms with Crippen molar-refractivity contribution >= 4 is 17.6 Å². The van der Waals surface area contributed by atoms with E-state index < -0.39 is 71.3 Å². The second-order valence-electron chi connectivity index (χ2n) is 8.90. The maximum absolute atomic E-state index is 14.8. The summed E-state index contributed by atoms with van der Waals surface area (Å²) >= 11 is 0. The molecule has 0 spiro atoms. The maximum atomic E-state index is 14.8. The van der Waals surface area contributed by atoms with E-state index in [9.17, 15) is 31.5 Å². The van der Waals surface area contributed by atoms with E-state index in [0.29, 0.717) is 17.7 Å². The van der Waals surface area contributed by atoms with Gasteiger partial charge in [-0.25, -0.2) is 26.7 Å². The van der Waals surface area contributed by atoms with Crippen LogP contribution in [0.25, 0.3) is 0 Å². The lowest BCUT2D eigenvalue weighted by atomic mass is 9.98. The topological polar surface area (TPSA) is 82.1 Å². The number of aliphatic hydroxyl groups excluding tert-OH is 1. The fourth-order valence-electron chi connectivity index (χ4n) is 4.24. The molecule has 4 rings (SSSR count). The van der Waals surface area contributed by atoms with Crippen molar-refractivity contribution in [2.24, 2.45) is 0 Å². The van der Waals surface area contributed by atoms with E-state index in [0.717, 1.165) is 17.0 Å². The number of halogens is 5. The summed E-state index contributed by atoms with van der Waals surface area (Å²) in [5, 5.41) is 11.2. The number of amides is 3. The van der Waals surface area contributed by atoms with E-state index in [1.54, 1.807) is 13.0 Å². The molecule has 206 valence electrons. The van der Waals surface area contributed by atoms with Crippen molar-refractivity contribution in [2.45, 2.75) is 26.1 Å². The van der Waals surface area contributed by atoms with Crippen LogP contribution in [-0.4, -0.2) is 42.2 Å². The fraction of sp³-hybridized carbons (Fsp3) is 0.259. The molecule has 0 fully saturated rings. The quantitative estimate of drug-likeness (QED) is 0.395. The molecule has 0 bridgehead atoms. The Labute approximate surface area is 220 Å². The number of benzene rings is 3. The van der Waals surface area contributed by atoms with E-state index in [2.05, 4.69) is 5.32 Å². The molecule has 0 radical (unpaired) electrons. The number of anilines is 1. The van der Waals surface area contributed by atoms with E-state index in [4.69, 9.17) is 9.84 Å². The molecule has 1 unspecified atom stereocenters. The van der Waals surface area contributed by atoms with Gasteiger partial charge >= 0.3 is 6.03 Å². The number of ether oxygens (including phenoxy) is 1. The zero-order valence-corrected chi connectivity index (χ0v) is 20.9. The molecule has 3 amide bonds. The zero-order chi connectivity index (χ0) is 28.4. The summed E-state index contributed by atoms with van der Waals surface area (Å²) in [6, 6.07) is 6.21. The van der Waals surface area contributed by atoms with Crippen LogP contribution in [0.2, 0.25) is 0 Å². The minimum atomic E-state index is -1.16. The van der Waals surface area contributed by atoms with Crippen LogP contribution < -0.4 is 15.0 Å². The molecule has 0 saturated heterocycles. The summed E-state index contributed by atoms with van der Waals surface area (Å²) in [6.07, 6.45) is 0. The summed E-state index contributed by atoms with van der Waals surface area (Å²) in [4.78, 5) is 28.5. The number of hydrogen-bond acceptors (Lipinski definition) is 4. The van der Waals surface area contributed by atoms with E-state index >= 15 is 0 Å². The number of aliphatic hydroxyl groups is 1. The van der Waals surface area contributed by atoms with Crippen LogP contribution in [0, 0.1) is 29.1 Å². The second kappa shape index (κ2) is 11.3. The van der Waals surface area contributed by atoms with Gasteiger partial charge in [0.1, 0.15) is 41.4 Å². The normalized spacial score (nSPS) is 14.9. The van der Waals surface area contributed by atoms with Gasteiger partial charge in [0.15, 0.2) is 0 Å². The monoisotopic (exact) mass is 549 g/mol. The molecule has 7 nitrogen and oxygen atoms in total. The van der Waals surface area contributed by atoms with Crippen LogP contribution in [0.5, 0.6) is 5.75 Å². The summed E-state index contributed by atoms with van der Waals surface area (Å²) < 4.78 is 75.8. The highest BCUT2D eigenvalue weighted by Crippen LogP contribution is 2.38. The molecule has 1 aliphatic heterocycles. The van der Waals surface area contributed by atoms with Gasteiger partial charge in [-0.2, -0.15) is 0 Å². The molecular formula is C27H24F5N3O4. The summed E-state index contributed by atoms with van der Waals surface area (Å²) in [7, 11) is 1.52. The molecule has 3 aromatic carbocycles. The van der Waals surface area contributed by atoms with E-state index in [1.807, 2.05) is 0 Å². The SMILES string of the molecule is CC1c2ccc(C(=O)NCc3c(F)cc(F)cc3F)cc2N(Cc2c(F)cc(OCCO)cc2F)C(=O)N1C. The Kier molecular flexibility index (Phi) is 8.05. The first-order valence-electron chi connectivity index (χ1n) is 11.8. The van der Waals surface area contributed by atoms with Crippen LogP contribution in [-0.2, 0) is 13.1 Å². The van der Waals surface area contributed by atoms with Crippen molar-refractivity contribution < 1.29 is 41.4 Å². The number of hydrogen-bond donors (Lipinski definition) is 2. The highest BCUT2D eigenvalue weighted by molar-refractivity contribution is 5.99. The molecule has 1 aliphatic rings. The third-order valence-corrected chi connectivity index (χ3v) is 6.47. The summed E-state index contributed by atoms with van der Waals surface area (Å²) in [6.45, 7) is 0.138. The lowest BCUT2D eigenvalue weighted by Gasteiger charge is -2.39. The first-order chi connectivity index (χ1) is 18.5. The predicted molar refractivity (Wildman–Crippen MR) is 131 cm³/mol. The summed E-state index contributed by atoms with van der Waals surface area (Å²) in [5.41, 5.74) is -0.137. The Hall–Kier alpha value is -4.19. The van der Waals surface area contributed by atoms with Gasteiger partial charge in [0.2, 0.25) is 0 Å². The van der Waals surface area contributed by atoms with Crippen LogP contribution >= 0.6 is 0 Å². The fourth-order valence-corrected chi connectivity index (χ4v) is 4.24. The van der Waals surface area contributed by atoms with Gasteiger partial charge in [0, 0.05) is 54.5 Å². The Bertz CT molecular complexity index is 1390. The van der Waals surface area contributed by atoms with Gasteiger partial charge in [0.25, 0.3) is 5.91 Å². The second-order valence-corrected chi connectivity index (χ2v) is 8.90. The summed E-state index contributed by atoms with van der Waals surface area (Å²) in [5.74, 6) is -6.26. The van der Waals surface area contributed by atoms with Crippen molar-refractivity contribution in [1.29, 1.82) is 0 Å². The van der Waals surface area contributed by atoms with Gasteiger partial charge in [0.05, 0.1) is 24.9 Å². The molecule has 3 aromatic rings. The Balaban J connectivity index is 1.63. The van der Waals surface area contributed by atoms with Gasteiger partial charge in [-0.1, -0.05) is 6.07 Å². The van der Waals surface area contributed by atoms with Crippen molar-refractivity contribution in [3.63, 3.8) is 0 Å². The van der Waals surface area contributed by atoms with Crippen molar-refractivity contribution in [1.82, 2.24) is 10.2 Å². The minimum absolute atomic E-state index is 0.0138. The average Bonchev–Trinajstić information content (AvgIpc) is 2.88. The molecule has 0 aliphatic carbocycles. The lowest BCUT2D eigenvalue weighted by molar-refractivity contribution is 0.0950. The number of rotatable bonds is 8. The lowest BCUT2D eigenvalue weighted by Crippen LogP contribution is -2.47. The third kappa shape index (κ3) is 5.65. The first kappa shape index (κ1) is 27.8. The van der Waals surface area contributed by atoms with Crippen LogP contribution in [0.15, 0.2) is 42.5 Å². The van der Waals surface area contributed by atoms with Gasteiger partial charge in [-0.3, -0.25) is 9.69 Å².